The maximum Gasteiger partial charge on any atom is 0.271 e. The second-order valence-electron chi connectivity index (χ2n) is 5.67. The van der Waals surface area contributed by atoms with E-state index < -0.39 is 0 Å². The molecule has 0 spiro atoms. The van der Waals surface area contributed by atoms with E-state index in [-0.39, 0.29) is 23.8 Å². The molecule has 0 atom stereocenters. The van der Waals surface area contributed by atoms with E-state index in [0.29, 0.717) is 24.4 Å². The van der Waals surface area contributed by atoms with Gasteiger partial charge in [0.2, 0.25) is 5.91 Å². The average molecular weight is 298 g/mol. The molecule has 1 aromatic heterocycles. The van der Waals surface area contributed by atoms with Crippen molar-refractivity contribution in [1.82, 2.24) is 15.3 Å². The minimum absolute atomic E-state index is 0.00118. The molecule has 1 aliphatic rings. The van der Waals surface area contributed by atoms with Gasteiger partial charge in [0.15, 0.2) is 0 Å². The molecule has 1 aromatic carbocycles. The van der Waals surface area contributed by atoms with Crippen molar-refractivity contribution >= 4 is 11.8 Å². The van der Waals surface area contributed by atoms with Crippen LogP contribution in [0.1, 0.15) is 29.0 Å². The van der Waals surface area contributed by atoms with Gasteiger partial charge in [0.25, 0.3) is 5.91 Å². The Balaban J connectivity index is 1.69. The predicted octanol–water partition coefficient (Wildman–Crippen LogP) is 1.38. The van der Waals surface area contributed by atoms with Gasteiger partial charge in [0.1, 0.15) is 11.5 Å². The molecule has 6 heteroatoms. The van der Waals surface area contributed by atoms with Gasteiger partial charge >= 0.3 is 0 Å². The number of nitrogens with two attached hydrogens (primary N) is 1. The van der Waals surface area contributed by atoms with Crippen molar-refractivity contribution in [3.63, 3.8) is 0 Å². The third-order valence-electron chi connectivity index (χ3n) is 4.02. The number of nitrogens with one attached hydrogen (secondary N) is 2. The molecule has 22 heavy (non-hydrogen) atoms. The number of aromatic nitrogens is 2. The molecule has 0 saturated heterocycles. The van der Waals surface area contributed by atoms with Gasteiger partial charge in [-0.1, -0.05) is 30.3 Å². The van der Waals surface area contributed by atoms with Crippen LogP contribution < -0.4 is 11.1 Å². The predicted molar refractivity (Wildman–Crippen MR) is 81.9 cm³/mol. The fraction of sp³-hybridized carbons (Fsp3) is 0.312. The fourth-order valence-corrected chi connectivity index (χ4v) is 2.64. The van der Waals surface area contributed by atoms with Crippen LogP contribution in [0.15, 0.2) is 30.3 Å². The van der Waals surface area contributed by atoms with Gasteiger partial charge in [-0.05, 0) is 19.8 Å². The maximum absolute atomic E-state index is 12.3. The number of aryl methyl sites for hydroxylation is 1. The van der Waals surface area contributed by atoms with E-state index in [1.165, 1.54) is 0 Å². The lowest BCUT2D eigenvalue weighted by Gasteiger charge is -2.33. The number of H-pyrrole nitrogens is 1. The smallest absolute Gasteiger partial charge is 0.271 e. The number of amides is 2. The van der Waals surface area contributed by atoms with Gasteiger partial charge in [0, 0.05) is 23.2 Å². The Kier molecular flexibility index (Phi) is 3.66. The molecular formula is C16H18N4O2. The zero-order valence-corrected chi connectivity index (χ0v) is 12.3. The van der Waals surface area contributed by atoms with E-state index in [9.17, 15) is 9.59 Å². The van der Waals surface area contributed by atoms with Gasteiger partial charge in [0.05, 0.1) is 0 Å². The zero-order valence-electron chi connectivity index (χ0n) is 12.3. The van der Waals surface area contributed by atoms with Crippen molar-refractivity contribution in [3.05, 3.63) is 41.7 Å². The summed E-state index contributed by atoms with van der Waals surface area (Å²) >= 11 is 0. The van der Waals surface area contributed by atoms with Crippen molar-refractivity contribution in [1.29, 1.82) is 0 Å². The normalized spacial score (nSPS) is 20.2. The van der Waals surface area contributed by atoms with Crippen LogP contribution in [0.3, 0.4) is 0 Å². The molecule has 6 nitrogen and oxygen atoms in total. The number of imidazole rings is 1. The molecule has 1 saturated carbocycles. The van der Waals surface area contributed by atoms with Gasteiger partial charge in [-0.2, -0.15) is 0 Å². The maximum atomic E-state index is 12.3. The van der Waals surface area contributed by atoms with Crippen LogP contribution in [0.4, 0.5) is 0 Å². The molecule has 0 bridgehead atoms. The number of hydrogen-bond acceptors (Lipinski definition) is 3. The number of carbonyl (C=O) groups excluding carboxylic acids is 2. The Bertz CT molecular complexity index is 702. The SMILES string of the molecule is Cc1[nH]c(-c2ccccc2)nc1C(=O)NC1CC(C(N)=O)C1. The number of nitrogens with zero attached hydrogens (tertiary/aromatic N) is 1. The molecule has 1 heterocycles. The van der Waals surface area contributed by atoms with E-state index in [2.05, 4.69) is 15.3 Å². The molecule has 114 valence electrons. The van der Waals surface area contributed by atoms with Crippen LogP contribution in [0.25, 0.3) is 11.4 Å². The van der Waals surface area contributed by atoms with Crippen molar-refractivity contribution in [2.75, 3.05) is 0 Å². The summed E-state index contributed by atoms with van der Waals surface area (Å²) < 4.78 is 0. The lowest BCUT2D eigenvalue weighted by atomic mass is 9.80. The summed E-state index contributed by atoms with van der Waals surface area (Å²) in [5.41, 5.74) is 7.27. The first kappa shape index (κ1) is 14.3. The van der Waals surface area contributed by atoms with Gasteiger partial charge in [-0.15, -0.1) is 0 Å². The number of rotatable bonds is 4. The Labute approximate surface area is 128 Å². The summed E-state index contributed by atoms with van der Waals surface area (Å²) in [6.45, 7) is 1.82. The van der Waals surface area contributed by atoms with E-state index in [1.54, 1.807) is 0 Å². The first-order valence-corrected chi connectivity index (χ1v) is 7.27. The van der Waals surface area contributed by atoms with E-state index in [4.69, 9.17) is 5.73 Å². The van der Waals surface area contributed by atoms with Crippen LogP contribution in [-0.2, 0) is 4.79 Å². The van der Waals surface area contributed by atoms with Crippen LogP contribution in [0.2, 0.25) is 0 Å². The van der Waals surface area contributed by atoms with Crippen molar-refractivity contribution in [3.8, 4) is 11.4 Å². The molecular weight excluding hydrogens is 280 g/mol. The lowest BCUT2D eigenvalue weighted by Crippen LogP contribution is -2.48. The summed E-state index contributed by atoms with van der Waals surface area (Å²) in [7, 11) is 0. The lowest BCUT2D eigenvalue weighted by molar-refractivity contribution is -0.124. The van der Waals surface area contributed by atoms with Gasteiger partial charge in [-0.25, -0.2) is 4.98 Å². The van der Waals surface area contributed by atoms with Gasteiger partial charge < -0.3 is 16.0 Å². The second-order valence-corrected chi connectivity index (χ2v) is 5.67. The standard InChI is InChI=1S/C16H18N4O2/c1-9-13(16(22)19-12-7-11(8-12)14(17)21)20-15(18-9)10-5-3-2-4-6-10/h2-6,11-12H,7-8H2,1H3,(H2,17,21)(H,18,20)(H,19,22). The summed E-state index contributed by atoms with van der Waals surface area (Å²) in [5.74, 6) is 0.0361. The van der Waals surface area contributed by atoms with Crippen LogP contribution in [0.5, 0.6) is 0 Å². The molecule has 2 amide bonds. The van der Waals surface area contributed by atoms with E-state index in [0.717, 1.165) is 11.3 Å². The first-order chi connectivity index (χ1) is 10.5. The molecule has 0 radical (unpaired) electrons. The Morgan fingerprint density at radius 2 is 1.95 bits per heavy atom. The highest BCUT2D eigenvalue weighted by Gasteiger charge is 2.34. The molecule has 2 aromatic rings. The minimum atomic E-state index is -0.298. The first-order valence-electron chi connectivity index (χ1n) is 7.27. The zero-order chi connectivity index (χ0) is 15.7. The third kappa shape index (κ3) is 2.72. The molecule has 4 N–H and O–H groups in total. The van der Waals surface area contributed by atoms with Gasteiger partial charge in [-0.3, -0.25) is 9.59 Å². The monoisotopic (exact) mass is 298 g/mol. The van der Waals surface area contributed by atoms with Crippen molar-refractivity contribution < 1.29 is 9.59 Å². The third-order valence-corrected chi connectivity index (χ3v) is 4.02. The van der Waals surface area contributed by atoms with E-state index in [1.807, 2.05) is 37.3 Å². The largest absolute Gasteiger partial charge is 0.369 e. The highest BCUT2D eigenvalue weighted by atomic mass is 16.2. The molecule has 1 aliphatic carbocycles. The summed E-state index contributed by atoms with van der Waals surface area (Å²) in [5, 5.41) is 2.89. The fourth-order valence-electron chi connectivity index (χ4n) is 2.64. The Morgan fingerprint density at radius 3 is 2.59 bits per heavy atom. The number of primary amides is 1. The van der Waals surface area contributed by atoms with Crippen LogP contribution in [0, 0.1) is 12.8 Å². The molecule has 3 rings (SSSR count). The summed E-state index contributed by atoms with van der Waals surface area (Å²) in [4.78, 5) is 30.8. The van der Waals surface area contributed by atoms with Crippen LogP contribution in [-0.4, -0.2) is 27.8 Å². The second kappa shape index (κ2) is 5.63. The number of aromatic amines is 1. The molecule has 0 aliphatic heterocycles. The summed E-state index contributed by atoms with van der Waals surface area (Å²) in [6.07, 6.45) is 1.21. The quantitative estimate of drug-likeness (QED) is 0.794. The Hall–Kier alpha value is -2.63. The highest BCUT2D eigenvalue weighted by Crippen LogP contribution is 2.27. The highest BCUT2D eigenvalue weighted by molar-refractivity contribution is 5.94. The number of hydrogen-bond donors (Lipinski definition) is 3. The molecule has 0 unspecified atom stereocenters. The topological polar surface area (TPSA) is 101 Å². The molecule has 1 fully saturated rings. The van der Waals surface area contributed by atoms with Crippen molar-refractivity contribution in [2.45, 2.75) is 25.8 Å². The summed E-state index contributed by atoms with van der Waals surface area (Å²) in [6, 6.07) is 9.64. The number of carbonyl (C=O) groups is 2. The van der Waals surface area contributed by atoms with Crippen LogP contribution >= 0.6 is 0 Å². The van der Waals surface area contributed by atoms with Crippen molar-refractivity contribution in [2.24, 2.45) is 11.7 Å². The Morgan fingerprint density at radius 1 is 1.27 bits per heavy atom. The average Bonchev–Trinajstić information content (AvgIpc) is 2.85. The van der Waals surface area contributed by atoms with E-state index >= 15 is 0 Å². The number of benzene rings is 1. The minimum Gasteiger partial charge on any atom is -0.369 e.